The van der Waals surface area contributed by atoms with Crippen molar-refractivity contribution in [2.24, 2.45) is 0 Å². The van der Waals surface area contributed by atoms with Gasteiger partial charge in [0.1, 0.15) is 0 Å². The quantitative estimate of drug-likeness (QED) is 0.168. The molecular weight excluding hydrogens is 609 g/mol. The molecule has 49 heavy (non-hydrogen) atoms. The molecule has 0 radical (unpaired) electrons. The second-order valence-electron chi connectivity index (χ2n) is 12.8. The van der Waals surface area contributed by atoms with Crippen LogP contribution in [0.5, 0.6) is 0 Å². The van der Waals surface area contributed by atoms with Gasteiger partial charge in [-0.2, -0.15) is 0 Å². The van der Waals surface area contributed by atoms with Crippen LogP contribution >= 0.6 is 11.3 Å². The molecule has 0 bridgehead atoms. The Hall–Kier alpha value is -6.02. The Kier molecular flexibility index (Phi) is 6.22. The number of benzene rings is 9. The molecule has 0 aliphatic heterocycles. The summed E-state index contributed by atoms with van der Waals surface area (Å²) in [4.78, 5) is 0. The minimum atomic E-state index is 0.539. The maximum absolute atomic E-state index is 7.96. The lowest BCUT2D eigenvalue weighted by Gasteiger charge is -2.18. The summed E-state index contributed by atoms with van der Waals surface area (Å²) in [5.74, 6) is 0. The molecule has 0 saturated heterocycles. The summed E-state index contributed by atoms with van der Waals surface area (Å²) in [6, 6.07) is 64.3. The number of hydrogen-bond donors (Lipinski definition) is 0. The Labute approximate surface area is 290 Å². The fraction of sp³-hybridized carbons (Fsp3) is 0. The van der Waals surface area contributed by atoms with Crippen LogP contribution in [0.4, 0.5) is 0 Å². The maximum atomic E-state index is 7.96. The van der Waals surface area contributed by atoms with Crippen LogP contribution in [0, 0.1) is 0 Å². The van der Waals surface area contributed by atoms with Gasteiger partial charge in [0.25, 0.3) is 0 Å². The monoisotopic (exact) mass is 639 g/mol. The fourth-order valence-corrected chi connectivity index (χ4v) is 8.73. The summed E-state index contributed by atoms with van der Waals surface area (Å²) >= 11 is 1.86. The Bertz CT molecular complexity index is 2870. The number of rotatable bonds is 4. The second kappa shape index (κ2) is 11.3. The lowest BCUT2D eigenvalue weighted by atomic mass is 9.85. The van der Waals surface area contributed by atoms with Gasteiger partial charge in [0.15, 0.2) is 0 Å². The van der Waals surface area contributed by atoms with Crippen LogP contribution in [0.25, 0.3) is 97.0 Å². The van der Waals surface area contributed by atoms with Gasteiger partial charge < -0.3 is 0 Å². The molecule has 0 nitrogen and oxygen atoms in total. The molecule has 228 valence electrons. The van der Waals surface area contributed by atoms with E-state index in [-0.39, 0.29) is 0 Å². The highest BCUT2D eigenvalue weighted by atomic mass is 32.1. The van der Waals surface area contributed by atoms with Gasteiger partial charge in [0.05, 0.1) is 1.37 Å². The standard InChI is InChI=1S/C48H30S/c1-2-11-34-28-36(25-22-31(34)10-1)32-20-23-33(24-21-32)47-40-15-3-5-17-42(40)48(43-18-6-4-16-41(43)47)38-13-9-12-35(29-38)37-26-27-46-44(30-37)39-14-7-8-19-45(39)49-46/h1-30H/i1D. The van der Waals surface area contributed by atoms with Gasteiger partial charge in [0, 0.05) is 20.2 Å². The number of fused-ring (bicyclic) bond motifs is 6. The molecule has 0 saturated carbocycles. The first kappa shape index (κ1) is 27.0. The average molecular weight is 640 g/mol. The van der Waals surface area contributed by atoms with E-state index < -0.39 is 0 Å². The summed E-state index contributed by atoms with van der Waals surface area (Å²) in [6.45, 7) is 0. The van der Waals surface area contributed by atoms with Gasteiger partial charge in [-0.3, -0.25) is 0 Å². The van der Waals surface area contributed by atoms with E-state index >= 15 is 0 Å². The van der Waals surface area contributed by atoms with E-state index in [2.05, 4.69) is 158 Å². The van der Waals surface area contributed by atoms with Crippen molar-refractivity contribution in [2.45, 2.75) is 0 Å². The molecule has 0 aliphatic carbocycles. The third-order valence-electron chi connectivity index (χ3n) is 9.98. The molecule has 0 aliphatic rings. The van der Waals surface area contributed by atoms with Crippen molar-refractivity contribution in [2.75, 3.05) is 0 Å². The van der Waals surface area contributed by atoms with Gasteiger partial charge in [-0.05, 0) is 107 Å². The van der Waals surface area contributed by atoms with E-state index in [4.69, 9.17) is 1.37 Å². The Morgan fingerprint density at radius 2 is 0.857 bits per heavy atom. The van der Waals surface area contributed by atoms with E-state index in [0.29, 0.717) is 6.04 Å². The predicted molar refractivity (Wildman–Crippen MR) is 214 cm³/mol. The highest BCUT2D eigenvalue weighted by Crippen LogP contribution is 2.45. The van der Waals surface area contributed by atoms with Gasteiger partial charge in [-0.1, -0.05) is 152 Å². The Balaban J connectivity index is 1.11. The molecule has 10 rings (SSSR count). The summed E-state index contributed by atoms with van der Waals surface area (Å²) < 4.78 is 10.6. The van der Waals surface area contributed by atoms with Crippen molar-refractivity contribution in [3.05, 3.63) is 182 Å². The zero-order chi connectivity index (χ0) is 33.2. The van der Waals surface area contributed by atoms with E-state index in [1.165, 1.54) is 86.2 Å². The summed E-state index contributed by atoms with van der Waals surface area (Å²) in [7, 11) is 0. The van der Waals surface area contributed by atoms with Crippen LogP contribution < -0.4 is 0 Å². The minimum absolute atomic E-state index is 0.539. The largest absolute Gasteiger partial charge is 0.135 e. The average Bonchev–Trinajstić information content (AvgIpc) is 3.55. The van der Waals surface area contributed by atoms with Crippen LogP contribution in [0.15, 0.2) is 182 Å². The molecule has 0 atom stereocenters. The zero-order valence-corrected chi connectivity index (χ0v) is 27.5. The smallest absolute Gasteiger partial charge is 0.0623 e. The van der Waals surface area contributed by atoms with Crippen molar-refractivity contribution in [3.63, 3.8) is 0 Å². The van der Waals surface area contributed by atoms with Crippen molar-refractivity contribution in [1.82, 2.24) is 0 Å². The van der Waals surface area contributed by atoms with Crippen molar-refractivity contribution in [1.29, 1.82) is 0 Å². The zero-order valence-electron chi connectivity index (χ0n) is 27.7. The lowest BCUT2D eigenvalue weighted by Crippen LogP contribution is -1.91. The fourth-order valence-electron chi connectivity index (χ4n) is 7.65. The molecule has 9 aromatic carbocycles. The molecular formula is C48H30S. The molecule has 1 aromatic heterocycles. The van der Waals surface area contributed by atoms with Gasteiger partial charge in [-0.25, -0.2) is 0 Å². The lowest BCUT2D eigenvalue weighted by molar-refractivity contribution is 1.62. The normalized spacial score (nSPS) is 12.0. The highest BCUT2D eigenvalue weighted by molar-refractivity contribution is 7.25. The van der Waals surface area contributed by atoms with Crippen LogP contribution in [-0.2, 0) is 0 Å². The van der Waals surface area contributed by atoms with E-state index in [9.17, 15) is 0 Å². The number of thiophene rings is 1. The van der Waals surface area contributed by atoms with Crippen LogP contribution in [0.1, 0.15) is 1.37 Å². The van der Waals surface area contributed by atoms with E-state index in [1.807, 2.05) is 29.5 Å². The third kappa shape index (κ3) is 4.66. The molecule has 0 fully saturated rings. The van der Waals surface area contributed by atoms with E-state index in [1.54, 1.807) is 0 Å². The third-order valence-corrected chi connectivity index (χ3v) is 11.1. The summed E-state index contributed by atoms with van der Waals surface area (Å²) in [5.41, 5.74) is 9.78. The second-order valence-corrected chi connectivity index (χ2v) is 13.9. The minimum Gasteiger partial charge on any atom is -0.135 e. The molecule has 0 spiro atoms. The van der Waals surface area contributed by atoms with Crippen LogP contribution in [-0.4, -0.2) is 0 Å². The van der Waals surface area contributed by atoms with Crippen molar-refractivity contribution >= 4 is 63.8 Å². The summed E-state index contributed by atoms with van der Waals surface area (Å²) in [5, 5.41) is 9.91. The van der Waals surface area contributed by atoms with Gasteiger partial charge in [0.2, 0.25) is 0 Å². The molecule has 1 heterocycles. The van der Waals surface area contributed by atoms with Crippen molar-refractivity contribution in [3.8, 4) is 44.5 Å². The highest BCUT2D eigenvalue weighted by Gasteiger charge is 2.17. The molecule has 0 N–H and O–H groups in total. The molecule has 10 aromatic rings. The van der Waals surface area contributed by atoms with Crippen molar-refractivity contribution < 1.29 is 1.37 Å². The predicted octanol–water partition coefficient (Wildman–Crippen LogP) is 14.2. The van der Waals surface area contributed by atoms with E-state index in [0.717, 1.165) is 10.8 Å². The van der Waals surface area contributed by atoms with Crippen LogP contribution in [0.2, 0.25) is 0 Å². The molecule has 0 unspecified atom stereocenters. The molecule has 1 heteroatoms. The Morgan fingerprint density at radius 1 is 0.306 bits per heavy atom. The summed E-state index contributed by atoms with van der Waals surface area (Å²) in [6.07, 6.45) is 0. The first-order valence-electron chi connectivity index (χ1n) is 17.2. The maximum Gasteiger partial charge on any atom is 0.0623 e. The first-order valence-corrected chi connectivity index (χ1v) is 17.6. The molecule has 0 amide bonds. The van der Waals surface area contributed by atoms with Gasteiger partial charge in [-0.15, -0.1) is 11.3 Å². The Morgan fingerprint density at radius 3 is 1.61 bits per heavy atom. The SMILES string of the molecule is [2H]c1ccc2cc(-c3ccc(-c4c5ccccc5c(-c5cccc(-c6ccc7sc8ccccc8c7c6)c5)c5ccccc45)cc3)ccc2c1. The van der Waals surface area contributed by atoms with Crippen LogP contribution in [0.3, 0.4) is 0 Å². The van der Waals surface area contributed by atoms with Gasteiger partial charge >= 0.3 is 0 Å². The first-order chi connectivity index (χ1) is 24.7. The number of hydrogen-bond acceptors (Lipinski definition) is 1. The topological polar surface area (TPSA) is 0 Å².